The third-order valence-electron chi connectivity index (χ3n) is 2.79. The Hall–Kier alpha value is -3.23. The summed E-state index contributed by atoms with van der Waals surface area (Å²) in [5.74, 6) is -1.20. The van der Waals surface area contributed by atoms with E-state index in [1.165, 1.54) is 31.6 Å². The van der Waals surface area contributed by atoms with Gasteiger partial charge in [-0.25, -0.2) is 4.79 Å². The summed E-state index contributed by atoms with van der Waals surface area (Å²) < 4.78 is 1.92. The molecule has 114 valence electrons. The molecule has 0 saturated carbocycles. The first kappa shape index (κ1) is 15.2. The summed E-state index contributed by atoms with van der Waals surface area (Å²) >= 11 is 0. The van der Waals surface area contributed by atoms with Crippen molar-refractivity contribution in [2.75, 3.05) is 0 Å². The molecule has 0 saturated heterocycles. The first-order valence-electron chi connectivity index (χ1n) is 6.25. The van der Waals surface area contributed by atoms with Crippen LogP contribution in [0.1, 0.15) is 10.5 Å². The summed E-state index contributed by atoms with van der Waals surface area (Å²) in [4.78, 5) is 50.2. The van der Waals surface area contributed by atoms with Crippen LogP contribution in [0.3, 0.4) is 0 Å². The number of nitrogens with zero attached hydrogens (tertiary/aromatic N) is 3. The predicted octanol–water partition coefficient (Wildman–Crippen LogP) is -1.60. The standard InChI is InChI=1S/C13H13N5O4/c1-17-11(20)5-7-18(13(17)22)8-10(19)15-16-12(21)9-4-2-3-6-14-9/h2-7H,8H2,1H3,(H,15,19)(H,16,21). The molecule has 0 spiro atoms. The number of amides is 2. The van der Waals surface area contributed by atoms with Gasteiger partial charge in [0.2, 0.25) is 0 Å². The fraction of sp³-hybridized carbons (Fsp3) is 0.154. The molecular formula is C13H13N5O4. The maximum atomic E-state index is 11.7. The summed E-state index contributed by atoms with van der Waals surface area (Å²) in [6.07, 6.45) is 2.66. The normalized spacial score (nSPS) is 10.0. The van der Waals surface area contributed by atoms with E-state index < -0.39 is 23.1 Å². The van der Waals surface area contributed by atoms with Gasteiger partial charge in [0.15, 0.2) is 0 Å². The molecule has 22 heavy (non-hydrogen) atoms. The van der Waals surface area contributed by atoms with Gasteiger partial charge in [-0.15, -0.1) is 0 Å². The lowest BCUT2D eigenvalue weighted by molar-refractivity contribution is -0.122. The second-order valence-electron chi connectivity index (χ2n) is 4.34. The van der Waals surface area contributed by atoms with Crippen molar-refractivity contribution in [3.63, 3.8) is 0 Å². The number of hydrazine groups is 1. The van der Waals surface area contributed by atoms with Crippen molar-refractivity contribution in [2.24, 2.45) is 7.05 Å². The van der Waals surface area contributed by atoms with Crippen LogP contribution in [0.15, 0.2) is 46.2 Å². The van der Waals surface area contributed by atoms with Gasteiger partial charge in [-0.1, -0.05) is 6.07 Å². The molecule has 2 N–H and O–H groups in total. The van der Waals surface area contributed by atoms with E-state index in [0.717, 1.165) is 9.13 Å². The number of nitrogens with one attached hydrogen (secondary N) is 2. The molecule has 9 nitrogen and oxygen atoms in total. The Kier molecular flexibility index (Phi) is 4.47. The van der Waals surface area contributed by atoms with Gasteiger partial charge in [-0.05, 0) is 12.1 Å². The molecule has 2 rings (SSSR count). The number of carbonyl (C=O) groups is 2. The first-order valence-corrected chi connectivity index (χ1v) is 6.25. The van der Waals surface area contributed by atoms with Crippen LogP contribution in [0.5, 0.6) is 0 Å². The highest BCUT2D eigenvalue weighted by Crippen LogP contribution is 1.91. The molecule has 9 heteroatoms. The van der Waals surface area contributed by atoms with Crippen LogP contribution in [-0.4, -0.2) is 25.9 Å². The molecule has 0 aromatic carbocycles. The van der Waals surface area contributed by atoms with E-state index in [1.54, 1.807) is 12.1 Å². The van der Waals surface area contributed by atoms with Gasteiger partial charge in [0.1, 0.15) is 12.2 Å². The second-order valence-corrected chi connectivity index (χ2v) is 4.34. The molecule has 0 fully saturated rings. The molecule has 2 amide bonds. The van der Waals surface area contributed by atoms with Crippen LogP contribution < -0.4 is 22.1 Å². The average Bonchev–Trinajstić information content (AvgIpc) is 2.54. The van der Waals surface area contributed by atoms with E-state index in [-0.39, 0.29) is 12.2 Å². The van der Waals surface area contributed by atoms with E-state index in [4.69, 9.17) is 0 Å². The van der Waals surface area contributed by atoms with Gasteiger partial charge in [0.05, 0.1) is 0 Å². The fourth-order valence-electron chi connectivity index (χ4n) is 1.62. The Balaban J connectivity index is 1.97. The number of aromatic nitrogens is 3. The summed E-state index contributed by atoms with van der Waals surface area (Å²) in [6, 6.07) is 5.94. The molecule has 0 radical (unpaired) electrons. The predicted molar refractivity (Wildman–Crippen MR) is 75.8 cm³/mol. The zero-order valence-electron chi connectivity index (χ0n) is 11.6. The summed E-state index contributed by atoms with van der Waals surface area (Å²) in [6.45, 7) is -0.338. The largest absolute Gasteiger partial charge is 0.331 e. The van der Waals surface area contributed by atoms with E-state index in [2.05, 4.69) is 15.8 Å². The molecule has 0 aliphatic carbocycles. The number of pyridine rings is 1. The van der Waals surface area contributed by atoms with E-state index in [1.807, 2.05) is 0 Å². The minimum atomic E-state index is -0.626. The minimum absolute atomic E-state index is 0.141. The summed E-state index contributed by atoms with van der Waals surface area (Å²) in [5.41, 5.74) is 3.39. The average molecular weight is 303 g/mol. The SMILES string of the molecule is Cn1c(=O)ccn(CC(=O)NNC(=O)c2ccccn2)c1=O. The first-order chi connectivity index (χ1) is 10.5. The van der Waals surface area contributed by atoms with Gasteiger partial charge < -0.3 is 0 Å². The highest BCUT2D eigenvalue weighted by Gasteiger charge is 2.09. The molecule has 0 bridgehead atoms. The van der Waals surface area contributed by atoms with E-state index in [0.29, 0.717) is 0 Å². The Morgan fingerprint density at radius 1 is 1.18 bits per heavy atom. The fourth-order valence-corrected chi connectivity index (χ4v) is 1.62. The van der Waals surface area contributed by atoms with Crippen LogP contribution in [0.25, 0.3) is 0 Å². The molecule has 2 heterocycles. The molecule has 2 aromatic heterocycles. The monoisotopic (exact) mass is 303 g/mol. The van der Waals surface area contributed by atoms with Crippen molar-refractivity contribution < 1.29 is 9.59 Å². The molecule has 0 aliphatic rings. The minimum Gasteiger partial charge on any atom is -0.291 e. The second kappa shape index (κ2) is 6.48. The zero-order chi connectivity index (χ0) is 16.1. The van der Waals surface area contributed by atoms with Crippen molar-refractivity contribution in [2.45, 2.75) is 6.54 Å². The molecular weight excluding hydrogens is 290 g/mol. The quantitative estimate of drug-likeness (QED) is 0.663. The van der Waals surface area contributed by atoms with Crippen LogP contribution in [-0.2, 0) is 18.4 Å². The third-order valence-corrected chi connectivity index (χ3v) is 2.79. The Labute approximate surface area is 124 Å². The summed E-state index contributed by atoms with van der Waals surface area (Å²) in [5, 5.41) is 0. The van der Waals surface area contributed by atoms with Gasteiger partial charge in [0, 0.05) is 25.5 Å². The lowest BCUT2D eigenvalue weighted by Gasteiger charge is -2.09. The van der Waals surface area contributed by atoms with Crippen molar-refractivity contribution in [1.82, 2.24) is 25.0 Å². The molecule has 0 unspecified atom stereocenters. The Bertz CT molecular complexity index is 809. The van der Waals surface area contributed by atoms with Crippen molar-refractivity contribution in [3.8, 4) is 0 Å². The van der Waals surface area contributed by atoms with Gasteiger partial charge in [-0.3, -0.25) is 39.4 Å². The van der Waals surface area contributed by atoms with Crippen molar-refractivity contribution in [1.29, 1.82) is 0 Å². The van der Waals surface area contributed by atoms with Crippen molar-refractivity contribution >= 4 is 11.8 Å². The van der Waals surface area contributed by atoms with Crippen LogP contribution in [0.4, 0.5) is 0 Å². The van der Waals surface area contributed by atoms with E-state index >= 15 is 0 Å². The Morgan fingerprint density at radius 3 is 2.64 bits per heavy atom. The number of hydrogen-bond acceptors (Lipinski definition) is 5. The van der Waals surface area contributed by atoms with Crippen LogP contribution >= 0.6 is 0 Å². The zero-order valence-corrected chi connectivity index (χ0v) is 11.6. The van der Waals surface area contributed by atoms with Crippen molar-refractivity contribution in [3.05, 3.63) is 63.2 Å². The highest BCUT2D eigenvalue weighted by atomic mass is 16.2. The van der Waals surface area contributed by atoms with Gasteiger partial charge in [-0.2, -0.15) is 0 Å². The maximum absolute atomic E-state index is 11.7. The van der Waals surface area contributed by atoms with Crippen LogP contribution in [0, 0.1) is 0 Å². The summed E-state index contributed by atoms with van der Waals surface area (Å²) in [7, 11) is 1.31. The number of hydrogen-bond donors (Lipinski definition) is 2. The van der Waals surface area contributed by atoms with Gasteiger partial charge in [0.25, 0.3) is 17.4 Å². The van der Waals surface area contributed by atoms with Gasteiger partial charge >= 0.3 is 5.69 Å². The van der Waals surface area contributed by atoms with Crippen LogP contribution in [0.2, 0.25) is 0 Å². The third kappa shape index (κ3) is 3.45. The number of rotatable bonds is 3. The molecule has 0 aliphatic heterocycles. The highest BCUT2D eigenvalue weighted by molar-refractivity contribution is 5.93. The lowest BCUT2D eigenvalue weighted by atomic mass is 10.3. The smallest absolute Gasteiger partial charge is 0.291 e. The van der Waals surface area contributed by atoms with E-state index in [9.17, 15) is 19.2 Å². The lowest BCUT2D eigenvalue weighted by Crippen LogP contribution is -2.46. The number of carbonyl (C=O) groups excluding carboxylic acids is 2. The Morgan fingerprint density at radius 2 is 1.95 bits per heavy atom. The molecule has 0 atom stereocenters. The topological polar surface area (TPSA) is 115 Å². The maximum Gasteiger partial charge on any atom is 0.331 e. The molecule has 2 aromatic rings.